The van der Waals surface area contributed by atoms with E-state index in [-0.39, 0.29) is 0 Å². The van der Waals surface area contributed by atoms with E-state index in [0.717, 1.165) is 0 Å². The molecular weight excluding hydrogens is 152 g/mol. The molecule has 0 radical (unpaired) electrons. The van der Waals surface area contributed by atoms with E-state index < -0.39 is 0 Å². The van der Waals surface area contributed by atoms with Gasteiger partial charge in [0.1, 0.15) is 0 Å². The molecule has 12 heavy (non-hydrogen) atoms. The fraction of sp³-hybridized carbons (Fsp3) is 0.750. The number of nitrogens with zero attached hydrogens (tertiary/aromatic N) is 3. The van der Waals surface area contributed by atoms with Crippen molar-refractivity contribution in [1.29, 1.82) is 0 Å². The van der Waals surface area contributed by atoms with Crippen LogP contribution in [0.15, 0.2) is 0 Å². The van der Waals surface area contributed by atoms with Crippen LogP contribution in [0.3, 0.4) is 0 Å². The van der Waals surface area contributed by atoms with Gasteiger partial charge in [-0.05, 0) is 25.7 Å². The van der Waals surface area contributed by atoms with Crippen LogP contribution < -0.4 is 5.73 Å². The largest absolute Gasteiger partial charge is 0.381 e. The first-order chi connectivity index (χ1) is 5.86. The van der Waals surface area contributed by atoms with Crippen molar-refractivity contribution >= 4 is 5.82 Å². The monoisotopic (exact) mass is 164 g/mol. The molecule has 1 aromatic rings. The standard InChI is InChI=1S/C8H12N4/c9-8-7(5-1-2-5)12(11-10-8)6-3-4-6/h5-6H,1-4,9H2. The minimum absolute atomic E-state index is 0.616. The van der Waals surface area contributed by atoms with E-state index in [4.69, 9.17) is 5.73 Å². The van der Waals surface area contributed by atoms with Crippen molar-refractivity contribution < 1.29 is 0 Å². The predicted molar refractivity (Wildman–Crippen MR) is 44.7 cm³/mol. The molecule has 2 aliphatic rings. The van der Waals surface area contributed by atoms with E-state index in [0.29, 0.717) is 17.8 Å². The van der Waals surface area contributed by atoms with E-state index in [1.54, 1.807) is 0 Å². The van der Waals surface area contributed by atoms with Crippen LogP contribution >= 0.6 is 0 Å². The number of hydrogen-bond acceptors (Lipinski definition) is 3. The molecule has 0 aromatic carbocycles. The molecule has 0 atom stereocenters. The Labute approximate surface area is 70.7 Å². The first kappa shape index (κ1) is 6.46. The highest BCUT2D eigenvalue weighted by molar-refractivity contribution is 5.38. The first-order valence-electron chi connectivity index (χ1n) is 4.57. The maximum Gasteiger partial charge on any atom is 0.169 e. The summed E-state index contributed by atoms with van der Waals surface area (Å²) in [5.41, 5.74) is 6.96. The molecular formula is C8H12N4. The van der Waals surface area contributed by atoms with E-state index >= 15 is 0 Å². The summed E-state index contributed by atoms with van der Waals surface area (Å²) in [5.74, 6) is 1.32. The first-order valence-corrected chi connectivity index (χ1v) is 4.57. The molecule has 0 amide bonds. The van der Waals surface area contributed by atoms with Crippen molar-refractivity contribution in [1.82, 2.24) is 15.0 Å². The summed E-state index contributed by atoms with van der Waals surface area (Å²) >= 11 is 0. The lowest BCUT2D eigenvalue weighted by Crippen LogP contribution is -2.02. The minimum atomic E-state index is 0.616. The van der Waals surface area contributed by atoms with E-state index in [1.165, 1.54) is 31.4 Å². The third-order valence-corrected chi connectivity index (χ3v) is 2.61. The summed E-state index contributed by atoms with van der Waals surface area (Å²) in [6, 6.07) is 0.616. The molecule has 2 aliphatic carbocycles. The summed E-state index contributed by atoms with van der Waals surface area (Å²) in [6.07, 6.45) is 5.04. The number of aromatic nitrogens is 3. The second kappa shape index (κ2) is 2.00. The quantitative estimate of drug-likeness (QED) is 0.711. The van der Waals surface area contributed by atoms with Gasteiger partial charge in [0.15, 0.2) is 5.82 Å². The van der Waals surface area contributed by atoms with Gasteiger partial charge in [-0.15, -0.1) is 5.10 Å². The third-order valence-electron chi connectivity index (χ3n) is 2.61. The fourth-order valence-electron chi connectivity index (χ4n) is 1.65. The average molecular weight is 164 g/mol. The molecule has 0 unspecified atom stereocenters. The number of nitrogen functional groups attached to an aromatic ring is 1. The zero-order chi connectivity index (χ0) is 8.13. The fourth-order valence-corrected chi connectivity index (χ4v) is 1.65. The second-order valence-electron chi connectivity index (χ2n) is 3.81. The molecule has 4 nitrogen and oxygen atoms in total. The molecule has 0 saturated heterocycles. The van der Waals surface area contributed by atoms with Crippen LogP contribution in [0.2, 0.25) is 0 Å². The smallest absolute Gasteiger partial charge is 0.169 e. The number of rotatable bonds is 2. The van der Waals surface area contributed by atoms with Crippen LogP contribution in [0.5, 0.6) is 0 Å². The van der Waals surface area contributed by atoms with Crippen molar-refractivity contribution in [3.8, 4) is 0 Å². The van der Waals surface area contributed by atoms with Crippen LogP contribution in [-0.2, 0) is 0 Å². The van der Waals surface area contributed by atoms with Crippen LogP contribution in [0.1, 0.15) is 43.3 Å². The molecule has 1 aromatic heterocycles. The third kappa shape index (κ3) is 0.838. The number of nitrogens with two attached hydrogens (primary N) is 1. The molecule has 2 N–H and O–H groups in total. The molecule has 1 heterocycles. The summed E-state index contributed by atoms with van der Waals surface area (Å²) in [4.78, 5) is 0. The van der Waals surface area contributed by atoms with Crippen LogP contribution in [-0.4, -0.2) is 15.0 Å². The van der Waals surface area contributed by atoms with Gasteiger partial charge in [-0.25, -0.2) is 4.68 Å². The highest BCUT2D eigenvalue weighted by Crippen LogP contribution is 2.46. The van der Waals surface area contributed by atoms with E-state index in [9.17, 15) is 0 Å². The molecule has 0 aliphatic heterocycles. The molecule has 2 saturated carbocycles. The maximum absolute atomic E-state index is 5.75. The van der Waals surface area contributed by atoms with Crippen LogP contribution in [0, 0.1) is 0 Å². The van der Waals surface area contributed by atoms with Gasteiger partial charge in [-0.3, -0.25) is 0 Å². The predicted octanol–water partition coefficient (Wildman–Crippen LogP) is 1.07. The summed E-state index contributed by atoms with van der Waals surface area (Å²) in [7, 11) is 0. The van der Waals surface area contributed by atoms with Gasteiger partial charge in [0.05, 0.1) is 11.7 Å². The summed E-state index contributed by atoms with van der Waals surface area (Å²) in [5, 5.41) is 8.01. The van der Waals surface area contributed by atoms with Gasteiger partial charge >= 0.3 is 0 Å². The lowest BCUT2D eigenvalue weighted by Gasteiger charge is -2.01. The van der Waals surface area contributed by atoms with Gasteiger partial charge in [0.2, 0.25) is 0 Å². The second-order valence-corrected chi connectivity index (χ2v) is 3.81. The molecule has 0 spiro atoms. The number of anilines is 1. The molecule has 3 rings (SSSR count). The van der Waals surface area contributed by atoms with Gasteiger partial charge in [0, 0.05) is 5.92 Å². The van der Waals surface area contributed by atoms with Crippen molar-refractivity contribution in [3.05, 3.63) is 5.69 Å². The van der Waals surface area contributed by atoms with Crippen molar-refractivity contribution in [2.75, 3.05) is 5.73 Å². The summed E-state index contributed by atoms with van der Waals surface area (Å²) in [6.45, 7) is 0. The zero-order valence-corrected chi connectivity index (χ0v) is 6.90. The Hall–Kier alpha value is -1.06. The Bertz CT molecular complexity index is 309. The van der Waals surface area contributed by atoms with Gasteiger partial charge in [-0.2, -0.15) is 0 Å². The van der Waals surface area contributed by atoms with Crippen LogP contribution in [0.4, 0.5) is 5.82 Å². The zero-order valence-electron chi connectivity index (χ0n) is 6.90. The van der Waals surface area contributed by atoms with Gasteiger partial charge < -0.3 is 5.73 Å². The topological polar surface area (TPSA) is 56.7 Å². The lowest BCUT2D eigenvalue weighted by molar-refractivity contribution is 0.583. The average Bonchev–Trinajstić information content (AvgIpc) is 2.93. The Balaban J connectivity index is 2.04. The van der Waals surface area contributed by atoms with Crippen molar-refractivity contribution in [3.63, 3.8) is 0 Å². The number of hydrogen-bond donors (Lipinski definition) is 1. The van der Waals surface area contributed by atoms with Crippen LogP contribution in [0.25, 0.3) is 0 Å². The Morgan fingerprint density at radius 1 is 1.25 bits per heavy atom. The normalized spacial score (nSPS) is 23.0. The lowest BCUT2D eigenvalue weighted by atomic mass is 10.3. The molecule has 64 valence electrons. The van der Waals surface area contributed by atoms with Gasteiger partial charge in [-0.1, -0.05) is 5.21 Å². The minimum Gasteiger partial charge on any atom is -0.381 e. The Kier molecular flexibility index (Phi) is 1.07. The molecule has 2 fully saturated rings. The maximum atomic E-state index is 5.75. The van der Waals surface area contributed by atoms with E-state index in [2.05, 4.69) is 10.3 Å². The molecule has 0 bridgehead atoms. The summed E-state index contributed by atoms with van der Waals surface area (Å²) < 4.78 is 2.05. The Morgan fingerprint density at radius 2 is 2.00 bits per heavy atom. The van der Waals surface area contributed by atoms with Crippen molar-refractivity contribution in [2.45, 2.75) is 37.6 Å². The highest BCUT2D eigenvalue weighted by atomic mass is 15.5. The van der Waals surface area contributed by atoms with Gasteiger partial charge in [0.25, 0.3) is 0 Å². The Morgan fingerprint density at radius 3 is 2.58 bits per heavy atom. The highest BCUT2D eigenvalue weighted by Gasteiger charge is 2.35. The van der Waals surface area contributed by atoms with E-state index in [1.807, 2.05) is 4.68 Å². The van der Waals surface area contributed by atoms with Crippen molar-refractivity contribution in [2.24, 2.45) is 0 Å². The molecule has 4 heteroatoms. The SMILES string of the molecule is Nc1nnn(C2CC2)c1C1CC1.